The first-order chi connectivity index (χ1) is 14.5. The molecule has 1 saturated heterocycles. The molecule has 3 rings (SSSR count). The van der Waals surface area contributed by atoms with Gasteiger partial charge in [-0.25, -0.2) is 4.98 Å². The number of ether oxygens (including phenoxy) is 2. The lowest BCUT2D eigenvalue weighted by molar-refractivity contribution is 0.127. The Balaban J connectivity index is 1.55. The Kier molecular flexibility index (Phi) is 7.65. The second kappa shape index (κ2) is 10.4. The van der Waals surface area contributed by atoms with E-state index in [4.69, 9.17) is 9.47 Å². The van der Waals surface area contributed by atoms with Gasteiger partial charge in [0.25, 0.3) is 0 Å². The summed E-state index contributed by atoms with van der Waals surface area (Å²) < 4.78 is 11.5. The van der Waals surface area contributed by atoms with E-state index in [0.29, 0.717) is 31.5 Å². The highest BCUT2D eigenvalue weighted by molar-refractivity contribution is 5.79. The highest BCUT2D eigenvalue weighted by atomic mass is 16.5. The number of aromatic nitrogens is 1. The number of rotatable bonds is 8. The summed E-state index contributed by atoms with van der Waals surface area (Å²) >= 11 is 0. The van der Waals surface area contributed by atoms with Gasteiger partial charge in [-0.15, -0.1) is 0 Å². The number of hydrogen-bond donors (Lipinski definition) is 3. The molecule has 3 N–H and O–H groups in total. The average Bonchev–Trinajstić information content (AvgIpc) is 3.20. The summed E-state index contributed by atoms with van der Waals surface area (Å²) in [6.45, 7) is 7.03. The van der Waals surface area contributed by atoms with Crippen molar-refractivity contribution in [3.8, 4) is 11.6 Å². The highest BCUT2D eigenvalue weighted by Crippen LogP contribution is 2.31. The maximum atomic E-state index is 9.38. The van der Waals surface area contributed by atoms with Gasteiger partial charge in [0.05, 0.1) is 6.61 Å². The molecular formula is C23H32N4O3. The van der Waals surface area contributed by atoms with Gasteiger partial charge in [-0.1, -0.05) is 6.07 Å². The van der Waals surface area contributed by atoms with Gasteiger partial charge in [-0.05, 0) is 61.6 Å². The normalized spacial score (nSPS) is 19.0. The number of aliphatic hydroxyl groups is 1. The molecule has 0 aliphatic carbocycles. The van der Waals surface area contributed by atoms with Crippen LogP contribution in [-0.2, 0) is 11.3 Å². The average molecular weight is 413 g/mol. The molecule has 1 fully saturated rings. The smallest absolute Gasteiger partial charge is 0.219 e. The minimum absolute atomic E-state index is 0.0315. The van der Waals surface area contributed by atoms with Crippen molar-refractivity contribution in [1.29, 1.82) is 0 Å². The van der Waals surface area contributed by atoms with Gasteiger partial charge in [0.15, 0.2) is 5.96 Å². The fraction of sp³-hybridized carbons (Fsp3) is 0.478. The summed E-state index contributed by atoms with van der Waals surface area (Å²) in [6.07, 6.45) is 3.41. The van der Waals surface area contributed by atoms with Crippen LogP contribution in [0.15, 0.2) is 41.5 Å². The van der Waals surface area contributed by atoms with E-state index in [0.717, 1.165) is 30.8 Å². The SMILES string of the molecule is CN=C(NCc1ccnc(Oc2ccc(C)c(C)c2)c1)NCC1(CCO)CCOC1. The quantitative estimate of drug-likeness (QED) is 0.456. The molecule has 1 aromatic carbocycles. The topological polar surface area (TPSA) is 88.0 Å². The van der Waals surface area contributed by atoms with Gasteiger partial charge >= 0.3 is 0 Å². The zero-order valence-corrected chi connectivity index (χ0v) is 18.1. The Morgan fingerprint density at radius 2 is 2.10 bits per heavy atom. The van der Waals surface area contributed by atoms with E-state index in [1.165, 1.54) is 11.1 Å². The number of guanidine groups is 1. The summed E-state index contributed by atoms with van der Waals surface area (Å²) in [4.78, 5) is 8.63. The van der Waals surface area contributed by atoms with E-state index >= 15 is 0 Å². The van der Waals surface area contributed by atoms with Crippen molar-refractivity contribution in [3.63, 3.8) is 0 Å². The largest absolute Gasteiger partial charge is 0.439 e. The van der Waals surface area contributed by atoms with Gasteiger partial charge < -0.3 is 25.2 Å². The monoisotopic (exact) mass is 412 g/mol. The minimum atomic E-state index is -0.0315. The minimum Gasteiger partial charge on any atom is -0.439 e. The fourth-order valence-electron chi connectivity index (χ4n) is 3.50. The molecule has 0 amide bonds. The van der Waals surface area contributed by atoms with Crippen LogP contribution in [0, 0.1) is 19.3 Å². The first kappa shape index (κ1) is 22.1. The number of aliphatic hydroxyl groups excluding tert-OH is 1. The van der Waals surface area contributed by atoms with E-state index in [9.17, 15) is 5.11 Å². The summed E-state index contributed by atoms with van der Waals surface area (Å²) in [7, 11) is 1.75. The molecular weight excluding hydrogens is 380 g/mol. The second-order valence-electron chi connectivity index (χ2n) is 7.91. The van der Waals surface area contributed by atoms with Gasteiger partial charge in [-0.2, -0.15) is 0 Å². The van der Waals surface area contributed by atoms with Crippen LogP contribution < -0.4 is 15.4 Å². The number of benzene rings is 1. The predicted octanol–water partition coefficient (Wildman–Crippen LogP) is 2.94. The van der Waals surface area contributed by atoms with Crippen molar-refractivity contribution in [1.82, 2.24) is 15.6 Å². The van der Waals surface area contributed by atoms with Crippen LogP contribution in [-0.4, -0.2) is 49.5 Å². The molecule has 2 heterocycles. The van der Waals surface area contributed by atoms with Crippen LogP contribution in [0.3, 0.4) is 0 Å². The molecule has 1 aliphatic rings. The van der Waals surface area contributed by atoms with E-state index < -0.39 is 0 Å². The number of hydrogen-bond acceptors (Lipinski definition) is 5. The number of nitrogens with one attached hydrogen (secondary N) is 2. The van der Waals surface area contributed by atoms with Crippen LogP contribution in [0.4, 0.5) is 0 Å². The molecule has 0 spiro atoms. The summed E-state index contributed by atoms with van der Waals surface area (Å²) in [5.41, 5.74) is 3.43. The van der Waals surface area contributed by atoms with Crippen LogP contribution >= 0.6 is 0 Å². The van der Waals surface area contributed by atoms with Crippen LogP contribution in [0.1, 0.15) is 29.5 Å². The maximum absolute atomic E-state index is 9.38. The van der Waals surface area contributed by atoms with Gasteiger partial charge in [0, 0.05) is 51.0 Å². The van der Waals surface area contributed by atoms with Crippen molar-refractivity contribution in [2.45, 2.75) is 33.2 Å². The number of nitrogens with zero attached hydrogens (tertiary/aromatic N) is 2. The third-order valence-electron chi connectivity index (χ3n) is 5.64. The van der Waals surface area contributed by atoms with E-state index in [1.54, 1.807) is 13.2 Å². The molecule has 7 heteroatoms. The molecule has 1 atom stereocenters. The molecule has 0 radical (unpaired) electrons. The molecule has 0 saturated carbocycles. The summed E-state index contributed by atoms with van der Waals surface area (Å²) in [5.74, 6) is 2.05. The van der Waals surface area contributed by atoms with Crippen molar-refractivity contribution in [2.75, 3.05) is 33.4 Å². The Labute approximate surface area is 178 Å². The van der Waals surface area contributed by atoms with Crippen molar-refractivity contribution in [2.24, 2.45) is 10.4 Å². The Morgan fingerprint density at radius 1 is 1.23 bits per heavy atom. The molecule has 1 aromatic heterocycles. The first-order valence-corrected chi connectivity index (χ1v) is 10.4. The maximum Gasteiger partial charge on any atom is 0.219 e. The molecule has 1 aliphatic heterocycles. The second-order valence-corrected chi connectivity index (χ2v) is 7.91. The summed E-state index contributed by atoms with van der Waals surface area (Å²) in [5, 5.41) is 16.1. The third kappa shape index (κ3) is 5.93. The van der Waals surface area contributed by atoms with Crippen molar-refractivity contribution < 1.29 is 14.6 Å². The molecule has 162 valence electrons. The number of aryl methyl sites for hydroxylation is 2. The molecule has 1 unspecified atom stereocenters. The third-order valence-corrected chi connectivity index (χ3v) is 5.64. The van der Waals surface area contributed by atoms with E-state index in [2.05, 4.69) is 34.5 Å². The molecule has 7 nitrogen and oxygen atoms in total. The van der Waals surface area contributed by atoms with Gasteiger partial charge in [0.2, 0.25) is 5.88 Å². The first-order valence-electron chi connectivity index (χ1n) is 10.4. The van der Waals surface area contributed by atoms with Crippen molar-refractivity contribution >= 4 is 5.96 Å². The molecule has 30 heavy (non-hydrogen) atoms. The van der Waals surface area contributed by atoms with Gasteiger partial charge in [0.1, 0.15) is 5.75 Å². The molecule has 2 aromatic rings. The summed E-state index contributed by atoms with van der Waals surface area (Å²) in [6, 6.07) is 9.89. The number of aliphatic imine (C=N–C) groups is 1. The lowest BCUT2D eigenvalue weighted by Crippen LogP contribution is -2.44. The predicted molar refractivity (Wildman–Crippen MR) is 118 cm³/mol. The van der Waals surface area contributed by atoms with Crippen LogP contribution in [0.2, 0.25) is 0 Å². The Bertz CT molecular complexity index is 863. The van der Waals surface area contributed by atoms with Crippen LogP contribution in [0.25, 0.3) is 0 Å². The van der Waals surface area contributed by atoms with E-state index in [1.807, 2.05) is 30.3 Å². The van der Waals surface area contributed by atoms with Crippen LogP contribution in [0.5, 0.6) is 11.6 Å². The van der Waals surface area contributed by atoms with Crippen molar-refractivity contribution in [3.05, 3.63) is 53.2 Å². The zero-order valence-electron chi connectivity index (χ0n) is 18.1. The lowest BCUT2D eigenvalue weighted by atomic mass is 9.84. The Morgan fingerprint density at radius 3 is 2.80 bits per heavy atom. The molecule has 0 bridgehead atoms. The van der Waals surface area contributed by atoms with E-state index in [-0.39, 0.29) is 12.0 Å². The highest BCUT2D eigenvalue weighted by Gasteiger charge is 2.34. The fourth-order valence-corrected chi connectivity index (χ4v) is 3.50. The Hall–Kier alpha value is -2.64. The zero-order chi connectivity index (χ0) is 21.4. The standard InChI is InChI=1S/C23H32N4O3/c1-17-4-5-20(12-18(17)2)30-21-13-19(6-9-25-21)14-26-22(24-3)27-15-23(7-10-28)8-11-29-16-23/h4-6,9,12-13,28H,7-8,10-11,14-16H2,1-3H3,(H2,24,26,27). The van der Waals surface area contributed by atoms with Gasteiger partial charge in [-0.3, -0.25) is 4.99 Å². The number of pyridine rings is 1. The lowest BCUT2D eigenvalue weighted by Gasteiger charge is -2.27.